The second kappa shape index (κ2) is 6.65. The van der Waals surface area contributed by atoms with Crippen LogP contribution in [-0.2, 0) is 5.41 Å². The normalized spacial score (nSPS) is 11.3. The Hall–Kier alpha value is -1.69. The van der Waals surface area contributed by atoms with Gasteiger partial charge in [-0.05, 0) is 18.6 Å². The van der Waals surface area contributed by atoms with Crippen LogP contribution >= 0.6 is 11.3 Å². The summed E-state index contributed by atoms with van der Waals surface area (Å²) in [6.07, 6.45) is 4.36. The number of nitrogens with one attached hydrogen (secondary N) is 1. The van der Waals surface area contributed by atoms with Crippen LogP contribution in [0.2, 0.25) is 0 Å². The molecule has 2 aromatic heterocycles. The molecule has 1 N–H and O–H groups in total. The summed E-state index contributed by atoms with van der Waals surface area (Å²) in [4.78, 5) is 3.95. The molecule has 0 unspecified atom stereocenters. The number of nitrogens with zero attached hydrogens (tertiary/aromatic N) is 3. The van der Waals surface area contributed by atoms with Crippen LogP contribution in [0, 0.1) is 0 Å². The van der Waals surface area contributed by atoms with E-state index in [2.05, 4.69) is 41.3 Å². The first-order chi connectivity index (χ1) is 9.55. The van der Waals surface area contributed by atoms with E-state index in [1.807, 2.05) is 12.1 Å². The highest BCUT2D eigenvalue weighted by molar-refractivity contribution is 7.15. The molecular weight excluding hydrogens is 272 g/mol. The lowest BCUT2D eigenvalue weighted by Gasteiger charge is -2.12. The minimum Gasteiger partial charge on any atom is -0.493 e. The van der Waals surface area contributed by atoms with Crippen molar-refractivity contribution in [1.82, 2.24) is 15.2 Å². The van der Waals surface area contributed by atoms with Gasteiger partial charge in [-0.25, -0.2) is 0 Å². The zero-order valence-corrected chi connectivity index (χ0v) is 12.9. The highest BCUT2D eigenvalue weighted by Crippen LogP contribution is 2.27. The number of pyridine rings is 1. The quantitative estimate of drug-likeness (QED) is 0.829. The molecule has 2 heterocycles. The smallest absolute Gasteiger partial charge is 0.205 e. The monoisotopic (exact) mass is 292 g/mol. The molecule has 0 aliphatic heterocycles. The Morgan fingerprint density at radius 2 is 1.95 bits per heavy atom. The fourth-order valence-electron chi connectivity index (χ4n) is 1.49. The fraction of sp³-hybridized carbons (Fsp3) is 0.500. The SMILES string of the molecule is CC(C)(C)c1nnc(NCCCOc2ccncc2)s1. The van der Waals surface area contributed by atoms with Crippen LogP contribution in [0.5, 0.6) is 5.75 Å². The molecule has 5 nitrogen and oxygen atoms in total. The maximum atomic E-state index is 5.59. The Morgan fingerprint density at radius 3 is 2.60 bits per heavy atom. The summed E-state index contributed by atoms with van der Waals surface area (Å²) < 4.78 is 5.59. The average Bonchev–Trinajstić information content (AvgIpc) is 2.88. The van der Waals surface area contributed by atoms with Gasteiger partial charge in [0.05, 0.1) is 6.61 Å². The Balaban J connectivity index is 1.67. The lowest BCUT2D eigenvalue weighted by atomic mass is 9.98. The molecule has 0 atom stereocenters. The molecule has 20 heavy (non-hydrogen) atoms. The molecule has 2 aromatic rings. The van der Waals surface area contributed by atoms with Gasteiger partial charge in [-0.1, -0.05) is 32.1 Å². The summed E-state index contributed by atoms with van der Waals surface area (Å²) in [6, 6.07) is 3.71. The second-order valence-electron chi connectivity index (χ2n) is 5.47. The molecule has 6 heteroatoms. The Morgan fingerprint density at radius 1 is 1.20 bits per heavy atom. The summed E-state index contributed by atoms with van der Waals surface area (Å²) >= 11 is 1.61. The molecular formula is C14H20N4OS. The standard InChI is InChI=1S/C14H20N4OS/c1-14(2,3)12-17-18-13(20-12)16-7-4-10-19-11-5-8-15-9-6-11/h5-6,8-9H,4,7,10H2,1-3H3,(H,16,18). The number of hydrogen-bond acceptors (Lipinski definition) is 6. The molecule has 0 aromatic carbocycles. The Bertz CT molecular complexity index is 521. The minimum absolute atomic E-state index is 0.0576. The van der Waals surface area contributed by atoms with Crippen LogP contribution in [-0.4, -0.2) is 28.3 Å². The maximum absolute atomic E-state index is 5.59. The Kier molecular flexibility index (Phi) is 4.89. The largest absolute Gasteiger partial charge is 0.493 e. The van der Waals surface area contributed by atoms with Crippen molar-refractivity contribution in [3.05, 3.63) is 29.5 Å². The number of anilines is 1. The van der Waals surface area contributed by atoms with Gasteiger partial charge < -0.3 is 10.1 Å². The third-order valence-electron chi connectivity index (χ3n) is 2.58. The highest BCUT2D eigenvalue weighted by Gasteiger charge is 2.18. The van der Waals surface area contributed by atoms with Crippen LogP contribution in [0.25, 0.3) is 0 Å². The van der Waals surface area contributed by atoms with Gasteiger partial charge in [-0.2, -0.15) is 0 Å². The van der Waals surface area contributed by atoms with Gasteiger partial charge in [-0.3, -0.25) is 4.98 Å². The molecule has 0 saturated carbocycles. The zero-order valence-electron chi connectivity index (χ0n) is 12.1. The van der Waals surface area contributed by atoms with E-state index < -0.39 is 0 Å². The van der Waals surface area contributed by atoms with Crippen molar-refractivity contribution in [3.63, 3.8) is 0 Å². The third-order valence-corrected chi connectivity index (χ3v) is 3.89. The van der Waals surface area contributed by atoms with Crippen molar-refractivity contribution in [2.45, 2.75) is 32.6 Å². The van der Waals surface area contributed by atoms with Crippen molar-refractivity contribution in [2.75, 3.05) is 18.5 Å². The maximum Gasteiger partial charge on any atom is 0.205 e. The van der Waals surface area contributed by atoms with E-state index in [1.54, 1.807) is 23.7 Å². The van der Waals surface area contributed by atoms with E-state index in [9.17, 15) is 0 Å². The molecule has 0 radical (unpaired) electrons. The summed E-state index contributed by atoms with van der Waals surface area (Å²) in [5.41, 5.74) is 0.0576. The van der Waals surface area contributed by atoms with E-state index in [0.29, 0.717) is 6.61 Å². The highest BCUT2D eigenvalue weighted by atomic mass is 32.1. The topological polar surface area (TPSA) is 59.9 Å². The number of ether oxygens (including phenoxy) is 1. The van der Waals surface area contributed by atoms with Crippen molar-refractivity contribution in [2.24, 2.45) is 0 Å². The molecule has 0 bridgehead atoms. The van der Waals surface area contributed by atoms with Gasteiger partial charge in [-0.15, -0.1) is 10.2 Å². The van der Waals surface area contributed by atoms with Gasteiger partial charge >= 0.3 is 0 Å². The zero-order chi connectivity index (χ0) is 14.4. The number of aromatic nitrogens is 3. The van der Waals surface area contributed by atoms with Crippen LogP contribution in [0.3, 0.4) is 0 Å². The van der Waals surface area contributed by atoms with Crippen LogP contribution < -0.4 is 10.1 Å². The van der Waals surface area contributed by atoms with Crippen molar-refractivity contribution >= 4 is 16.5 Å². The first kappa shape index (κ1) is 14.7. The van der Waals surface area contributed by atoms with Crippen molar-refractivity contribution < 1.29 is 4.74 Å². The van der Waals surface area contributed by atoms with Gasteiger partial charge in [0.15, 0.2) is 0 Å². The van der Waals surface area contributed by atoms with E-state index in [4.69, 9.17) is 4.74 Å². The average molecular weight is 292 g/mol. The second-order valence-corrected chi connectivity index (χ2v) is 6.45. The fourth-order valence-corrected chi connectivity index (χ4v) is 2.32. The van der Waals surface area contributed by atoms with E-state index >= 15 is 0 Å². The van der Waals surface area contributed by atoms with Gasteiger partial charge in [0.1, 0.15) is 10.8 Å². The first-order valence-electron chi connectivity index (χ1n) is 6.66. The summed E-state index contributed by atoms with van der Waals surface area (Å²) in [7, 11) is 0. The van der Waals surface area contributed by atoms with Gasteiger partial charge in [0.25, 0.3) is 0 Å². The number of rotatable bonds is 6. The third kappa shape index (κ3) is 4.45. The van der Waals surface area contributed by atoms with Crippen LogP contribution in [0.1, 0.15) is 32.2 Å². The van der Waals surface area contributed by atoms with E-state index in [1.165, 1.54) is 0 Å². The summed E-state index contributed by atoms with van der Waals surface area (Å²) in [6.45, 7) is 7.91. The lowest BCUT2D eigenvalue weighted by Crippen LogP contribution is -2.10. The molecule has 0 spiro atoms. The number of hydrogen-bond donors (Lipinski definition) is 1. The summed E-state index contributed by atoms with van der Waals surface area (Å²) in [5.74, 6) is 0.853. The molecule has 0 aliphatic rings. The van der Waals surface area contributed by atoms with Gasteiger partial charge in [0.2, 0.25) is 5.13 Å². The predicted molar refractivity (Wildman–Crippen MR) is 81.4 cm³/mol. The van der Waals surface area contributed by atoms with Crippen molar-refractivity contribution in [3.8, 4) is 5.75 Å². The first-order valence-corrected chi connectivity index (χ1v) is 7.48. The van der Waals surface area contributed by atoms with Crippen LogP contribution in [0.15, 0.2) is 24.5 Å². The van der Waals surface area contributed by atoms with E-state index in [0.717, 1.165) is 28.9 Å². The van der Waals surface area contributed by atoms with Crippen molar-refractivity contribution in [1.29, 1.82) is 0 Å². The molecule has 0 fully saturated rings. The predicted octanol–water partition coefficient (Wildman–Crippen LogP) is 3.11. The van der Waals surface area contributed by atoms with E-state index in [-0.39, 0.29) is 5.41 Å². The minimum atomic E-state index is 0.0576. The molecule has 0 saturated heterocycles. The molecule has 0 aliphatic carbocycles. The Labute approximate surface area is 123 Å². The molecule has 0 amide bonds. The summed E-state index contributed by atoms with van der Waals surface area (Å²) in [5, 5.41) is 13.5. The van der Waals surface area contributed by atoms with Gasteiger partial charge in [0, 0.05) is 24.4 Å². The lowest BCUT2D eigenvalue weighted by molar-refractivity contribution is 0.314. The molecule has 108 valence electrons. The molecule has 2 rings (SSSR count). The van der Waals surface area contributed by atoms with Crippen LogP contribution in [0.4, 0.5) is 5.13 Å².